The van der Waals surface area contributed by atoms with E-state index < -0.39 is 0 Å². The number of halogens is 1. The van der Waals surface area contributed by atoms with Crippen LogP contribution >= 0.6 is 12.4 Å². The maximum Gasteiger partial charge on any atom is 0.225 e. The molecule has 106 valence electrons. The highest BCUT2D eigenvalue weighted by atomic mass is 35.5. The molecule has 2 rings (SSSR count). The minimum atomic E-state index is 0. The van der Waals surface area contributed by atoms with Crippen molar-refractivity contribution < 1.29 is 9.53 Å². The third-order valence-electron chi connectivity index (χ3n) is 3.95. The number of ether oxygens (including phenoxy) is 1. The summed E-state index contributed by atoms with van der Waals surface area (Å²) in [7, 11) is 1.89. The summed E-state index contributed by atoms with van der Waals surface area (Å²) in [5.41, 5.74) is 5.85. The average Bonchev–Trinajstić information content (AvgIpc) is 2.76. The van der Waals surface area contributed by atoms with Gasteiger partial charge in [0.05, 0.1) is 6.10 Å². The Kier molecular flexibility index (Phi) is 6.39. The van der Waals surface area contributed by atoms with Gasteiger partial charge in [0, 0.05) is 32.2 Å². The zero-order valence-corrected chi connectivity index (χ0v) is 12.0. The lowest BCUT2D eigenvalue weighted by molar-refractivity contribution is -0.136. The number of hydrogen-bond acceptors (Lipinski definition) is 3. The monoisotopic (exact) mass is 276 g/mol. The van der Waals surface area contributed by atoms with E-state index in [0.717, 1.165) is 45.3 Å². The van der Waals surface area contributed by atoms with Crippen LogP contribution in [0.25, 0.3) is 0 Å². The van der Waals surface area contributed by atoms with Gasteiger partial charge < -0.3 is 15.4 Å². The largest absolute Gasteiger partial charge is 0.376 e. The van der Waals surface area contributed by atoms with E-state index in [2.05, 4.69) is 0 Å². The van der Waals surface area contributed by atoms with Gasteiger partial charge >= 0.3 is 0 Å². The van der Waals surface area contributed by atoms with Crippen LogP contribution < -0.4 is 5.73 Å². The molecule has 3 atom stereocenters. The first kappa shape index (κ1) is 15.7. The molecule has 0 aromatic carbocycles. The van der Waals surface area contributed by atoms with Crippen molar-refractivity contribution in [3.8, 4) is 0 Å². The Morgan fingerprint density at radius 2 is 2.11 bits per heavy atom. The lowest BCUT2D eigenvalue weighted by Gasteiger charge is -2.28. The molecule has 0 bridgehead atoms. The summed E-state index contributed by atoms with van der Waals surface area (Å²) in [6.45, 7) is 1.59. The summed E-state index contributed by atoms with van der Waals surface area (Å²) in [6, 6.07) is 0.225. The van der Waals surface area contributed by atoms with Gasteiger partial charge in [0.1, 0.15) is 0 Å². The van der Waals surface area contributed by atoms with Crippen LogP contribution in [-0.2, 0) is 9.53 Å². The highest BCUT2D eigenvalue weighted by Gasteiger charge is 2.30. The van der Waals surface area contributed by atoms with Gasteiger partial charge in [0.15, 0.2) is 0 Å². The predicted octanol–water partition coefficient (Wildman–Crippen LogP) is 1.56. The Labute approximate surface area is 116 Å². The molecule has 18 heavy (non-hydrogen) atoms. The molecule has 3 unspecified atom stereocenters. The molecule has 1 heterocycles. The second-order valence-corrected chi connectivity index (χ2v) is 5.48. The lowest BCUT2D eigenvalue weighted by Crippen LogP contribution is -2.39. The van der Waals surface area contributed by atoms with Crippen molar-refractivity contribution in [2.75, 3.05) is 20.2 Å². The summed E-state index contributed by atoms with van der Waals surface area (Å²) in [4.78, 5) is 14.0. The van der Waals surface area contributed by atoms with E-state index in [1.54, 1.807) is 0 Å². The van der Waals surface area contributed by atoms with E-state index >= 15 is 0 Å². The second kappa shape index (κ2) is 7.31. The van der Waals surface area contributed by atoms with E-state index in [4.69, 9.17) is 10.5 Å². The van der Waals surface area contributed by atoms with Crippen molar-refractivity contribution in [2.45, 2.75) is 50.7 Å². The molecule has 0 aromatic rings. The van der Waals surface area contributed by atoms with Crippen LogP contribution in [-0.4, -0.2) is 43.2 Å². The molecular formula is C13H25ClN2O2. The number of hydrogen-bond donors (Lipinski definition) is 1. The molecule has 4 nitrogen and oxygen atoms in total. The van der Waals surface area contributed by atoms with Gasteiger partial charge in [-0.25, -0.2) is 0 Å². The Hall–Kier alpha value is -0.320. The van der Waals surface area contributed by atoms with Crippen LogP contribution in [0.1, 0.15) is 38.5 Å². The van der Waals surface area contributed by atoms with E-state index in [-0.39, 0.29) is 36.4 Å². The van der Waals surface area contributed by atoms with Crippen molar-refractivity contribution in [3.63, 3.8) is 0 Å². The minimum absolute atomic E-state index is 0. The van der Waals surface area contributed by atoms with E-state index in [9.17, 15) is 4.79 Å². The van der Waals surface area contributed by atoms with Gasteiger partial charge in [-0.15, -0.1) is 12.4 Å². The van der Waals surface area contributed by atoms with Crippen LogP contribution in [0.3, 0.4) is 0 Å². The molecule has 0 spiro atoms. The quantitative estimate of drug-likeness (QED) is 0.851. The lowest BCUT2D eigenvalue weighted by atomic mass is 10.0. The van der Waals surface area contributed by atoms with Crippen LogP contribution in [0.5, 0.6) is 0 Å². The highest BCUT2D eigenvalue weighted by molar-refractivity contribution is 5.85. The van der Waals surface area contributed by atoms with Crippen LogP contribution in [0.15, 0.2) is 0 Å². The number of carbonyl (C=O) groups excluding carboxylic acids is 1. The molecule has 2 N–H and O–H groups in total. The molecule has 2 aliphatic rings. The number of amides is 1. The fourth-order valence-electron chi connectivity index (χ4n) is 2.90. The van der Waals surface area contributed by atoms with Gasteiger partial charge in [0.25, 0.3) is 0 Å². The number of nitrogens with two attached hydrogens (primary N) is 1. The summed E-state index contributed by atoms with van der Waals surface area (Å²) < 4.78 is 5.66. The maximum absolute atomic E-state index is 12.2. The fraction of sp³-hybridized carbons (Fsp3) is 0.923. The zero-order valence-electron chi connectivity index (χ0n) is 11.1. The molecule has 1 saturated carbocycles. The van der Waals surface area contributed by atoms with Crippen molar-refractivity contribution in [2.24, 2.45) is 11.7 Å². The fourth-order valence-corrected chi connectivity index (χ4v) is 2.90. The topological polar surface area (TPSA) is 55.6 Å². The third kappa shape index (κ3) is 4.11. The van der Waals surface area contributed by atoms with Crippen molar-refractivity contribution in [3.05, 3.63) is 0 Å². The highest BCUT2D eigenvalue weighted by Crippen LogP contribution is 2.26. The summed E-state index contributed by atoms with van der Waals surface area (Å²) >= 11 is 0. The number of carbonyl (C=O) groups is 1. The van der Waals surface area contributed by atoms with Crippen LogP contribution in [0.4, 0.5) is 0 Å². The molecule has 1 aliphatic heterocycles. The van der Waals surface area contributed by atoms with Gasteiger partial charge in [-0.3, -0.25) is 4.79 Å². The second-order valence-electron chi connectivity index (χ2n) is 5.48. The van der Waals surface area contributed by atoms with E-state index in [1.807, 2.05) is 11.9 Å². The molecule has 1 amide bonds. The van der Waals surface area contributed by atoms with Crippen molar-refractivity contribution in [1.82, 2.24) is 4.90 Å². The molecule has 0 radical (unpaired) electrons. The minimum Gasteiger partial charge on any atom is -0.376 e. The van der Waals surface area contributed by atoms with Gasteiger partial charge in [0.2, 0.25) is 5.91 Å². The molecule has 1 aliphatic carbocycles. The summed E-state index contributed by atoms with van der Waals surface area (Å²) in [5, 5.41) is 0. The Morgan fingerprint density at radius 3 is 2.67 bits per heavy atom. The molecular weight excluding hydrogens is 252 g/mol. The first-order chi connectivity index (χ1) is 8.16. The van der Waals surface area contributed by atoms with Crippen molar-refractivity contribution in [1.29, 1.82) is 0 Å². The van der Waals surface area contributed by atoms with Gasteiger partial charge in [-0.2, -0.15) is 0 Å². The molecule has 1 saturated heterocycles. The van der Waals surface area contributed by atoms with E-state index in [1.165, 1.54) is 6.42 Å². The standard InChI is InChI=1S/C13H24N2O2.ClH/c1-15(9-12-4-2-3-7-17-12)13(16)10-5-6-11(14)8-10;/h10-12H,2-9,14H2,1H3;1H. The van der Waals surface area contributed by atoms with Crippen LogP contribution in [0.2, 0.25) is 0 Å². The first-order valence-corrected chi connectivity index (χ1v) is 6.79. The van der Waals surface area contributed by atoms with Gasteiger partial charge in [-0.05, 0) is 38.5 Å². The maximum atomic E-state index is 12.2. The number of nitrogens with zero attached hydrogens (tertiary/aromatic N) is 1. The molecule has 5 heteroatoms. The SMILES string of the molecule is CN(CC1CCCCO1)C(=O)C1CCC(N)C1.Cl. The Balaban J connectivity index is 0.00000162. The molecule has 2 fully saturated rings. The first-order valence-electron chi connectivity index (χ1n) is 6.79. The average molecular weight is 277 g/mol. The van der Waals surface area contributed by atoms with E-state index in [0.29, 0.717) is 0 Å². The Morgan fingerprint density at radius 1 is 1.33 bits per heavy atom. The summed E-state index contributed by atoms with van der Waals surface area (Å²) in [5.74, 6) is 0.408. The summed E-state index contributed by atoms with van der Waals surface area (Å²) in [6.07, 6.45) is 6.51. The normalized spacial score (nSPS) is 31.8. The smallest absolute Gasteiger partial charge is 0.225 e. The number of likely N-dealkylation sites (N-methyl/N-ethyl adjacent to an activating group) is 1. The third-order valence-corrected chi connectivity index (χ3v) is 3.95. The number of rotatable bonds is 3. The Bertz CT molecular complexity index is 270. The molecule has 0 aromatic heterocycles. The van der Waals surface area contributed by atoms with Crippen molar-refractivity contribution >= 4 is 18.3 Å². The predicted molar refractivity (Wildman–Crippen MR) is 73.8 cm³/mol. The van der Waals surface area contributed by atoms with Gasteiger partial charge in [-0.1, -0.05) is 0 Å². The zero-order chi connectivity index (χ0) is 12.3. The van der Waals surface area contributed by atoms with Crippen LogP contribution in [0, 0.1) is 5.92 Å².